The van der Waals surface area contributed by atoms with Gasteiger partial charge in [0.15, 0.2) is 0 Å². The Kier molecular flexibility index (Phi) is 5.63. The molecule has 0 fully saturated rings. The predicted octanol–water partition coefficient (Wildman–Crippen LogP) is 3.81. The minimum absolute atomic E-state index is 0.418. The van der Waals surface area contributed by atoms with Gasteiger partial charge in [-0.1, -0.05) is 18.2 Å². The second kappa shape index (κ2) is 7.68. The van der Waals surface area contributed by atoms with E-state index < -0.39 is 11.9 Å². The molecule has 1 unspecified atom stereocenters. The lowest BCUT2D eigenvalue weighted by Crippen LogP contribution is -2.15. The summed E-state index contributed by atoms with van der Waals surface area (Å²) in [6.07, 6.45) is 0.418. The summed E-state index contributed by atoms with van der Waals surface area (Å²) in [6, 6.07) is 13.1. The zero-order chi connectivity index (χ0) is 16.8. The molecule has 122 valence electrons. The van der Waals surface area contributed by atoms with E-state index in [1.807, 2.05) is 56.3 Å². The third-order valence-corrected chi connectivity index (χ3v) is 3.80. The first-order chi connectivity index (χ1) is 11.0. The summed E-state index contributed by atoms with van der Waals surface area (Å²) in [6.45, 7) is 4.43. The highest BCUT2D eigenvalue weighted by Gasteiger charge is 2.22. The maximum absolute atomic E-state index is 11.8. The SMILES string of the molecule is CCOc1ccc(C(Cc2cccc(OC)c2)C(=O)O)c(C)c1. The fraction of sp³-hybridized carbons (Fsp3) is 0.316. The molecule has 0 aliphatic rings. The summed E-state index contributed by atoms with van der Waals surface area (Å²) in [5.41, 5.74) is 2.67. The summed E-state index contributed by atoms with van der Waals surface area (Å²) in [7, 11) is 1.60. The first kappa shape index (κ1) is 16.9. The maximum Gasteiger partial charge on any atom is 0.311 e. The number of methoxy groups -OCH3 is 1. The third kappa shape index (κ3) is 4.25. The van der Waals surface area contributed by atoms with Gasteiger partial charge in [0, 0.05) is 0 Å². The van der Waals surface area contributed by atoms with Crippen LogP contribution in [-0.4, -0.2) is 24.8 Å². The highest BCUT2D eigenvalue weighted by molar-refractivity contribution is 5.77. The smallest absolute Gasteiger partial charge is 0.311 e. The van der Waals surface area contributed by atoms with Gasteiger partial charge in [-0.15, -0.1) is 0 Å². The predicted molar refractivity (Wildman–Crippen MR) is 89.4 cm³/mol. The van der Waals surface area contributed by atoms with E-state index in [1.54, 1.807) is 7.11 Å². The molecule has 23 heavy (non-hydrogen) atoms. The van der Waals surface area contributed by atoms with Gasteiger partial charge < -0.3 is 14.6 Å². The minimum atomic E-state index is -0.833. The van der Waals surface area contributed by atoms with Crippen LogP contribution in [0.3, 0.4) is 0 Å². The lowest BCUT2D eigenvalue weighted by Gasteiger charge is -2.17. The Balaban J connectivity index is 2.29. The van der Waals surface area contributed by atoms with E-state index in [0.29, 0.717) is 13.0 Å². The quantitative estimate of drug-likeness (QED) is 0.844. The van der Waals surface area contributed by atoms with Gasteiger partial charge in [-0.2, -0.15) is 0 Å². The van der Waals surface area contributed by atoms with E-state index in [9.17, 15) is 9.90 Å². The summed E-state index contributed by atoms with van der Waals surface area (Å²) in [5.74, 6) is 0.0622. The van der Waals surface area contributed by atoms with Crippen molar-refractivity contribution in [2.45, 2.75) is 26.2 Å². The largest absolute Gasteiger partial charge is 0.497 e. The fourth-order valence-corrected chi connectivity index (χ4v) is 2.66. The van der Waals surface area contributed by atoms with Crippen molar-refractivity contribution in [2.75, 3.05) is 13.7 Å². The summed E-state index contributed by atoms with van der Waals surface area (Å²) >= 11 is 0. The van der Waals surface area contributed by atoms with Crippen molar-refractivity contribution < 1.29 is 19.4 Å². The zero-order valence-electron chi connectivity index (χ0n) is 13.7. The van der Waals surface area contributed by atoms with Crippen LogP contribution in [0.5, 0.6) is 11.5 Å². The van der Waals surface area contributed by atoms with Crippen molar-refractivity contribution in [2.24, 2.45) is 0 Å². The molecule has 0 radical (unpaired) electrons. The molecule has 4 nitrogen and oxygen atoms in total. The van der Waals surface area contributed by atoms with Crippen LogP contribution < -0.4 is 9.47 Å². The van der Waals surface area contributed by atoms with Crippen LogP contribution in [0.1, 0.15) is 29.5 Å². The van der Waals surface area contributed by atoms with Crippen LogP contribution in [0.2, 0.25) is 0 Å². The van der Waals surface area contributed by atoms with E-state index in [1.165, 1.54) is 0 Å². The molecular formula is C19H22O4. The van der Waals surface area contributed by atoms with Crippen LogP contribution in [0.4, 0.5) is 0 Å². The number of rotatable bonds is 7. The average Bonchev–Trinajstić information content (AvgIpc) is 2.53. The van der Waals surface area contributed by atoms with E-state index in [-0.39, 0.29) is 0 Å². The number of hydrogen-bond acceptors (Lipinski definition) is 3. The Morgan fingerprint density at radius 1 is 1.17 bits per heavy atom. The van der Waals surface area contributed by atoms with Crippen molar-refractivity contribution in [1.82, 2.24) is 0 Å². The lowest BCUT2D eigenvalue weighted by atomic mass is 9.89. The monoisotopic (exact) mass is 314 g/mol. The van der Waals surface area contributed by atoms with Crippen molar-refractivity contribution in [3.63, 3.8) is 0 Å². The number of ether oxygens (including phenoxy) is 2. The van der Waals surface area contributed by atoms with E-state index in [4.69, 9.17) is 9.47 Å². The average molecular weight is 314 g/mol. The van der Waals surface area contributed by atoms with Crippen molar-refractivity contribution in [3.05, 3.63) is 59.2 Å². The maximum atomic E-state index is 11.8. The molecule has 0 aliphatic heterocycles. The molecule has 0 spiro atoms. The molecule has 0 saturated carbocycles. The van der Waals surface area contributed by atoms with Gasteiger partial charge in [0.2, 0.25) is 0 Å². The number of hydrogen-bond donors (Lipinski definition) is 1. The number of aryl methyl sites for hydroxylation is 1. The number of benzene rings is 2. The van der Waals surface area contributed by atoms with Gasteiger partial charge in [0.1, 0.15) is 11.5 Å². The van der Waals surface area contributed by atoms with Crippen LogP contribution in [0, 0.1) is 6.92 Å². The molecule has 0 saturated heterocycles. The highest BCUT2D eigenvalue weighted by atomic mass is 16.5. The van der Waals surface area contributed by atoms with Gasteiger partial charge in [0.05, 0.1) is 19.6 Å². The normalized spacial score (nSPS) is 11.8. The van der Waals surface area contributed by atoms with Crippen LogP contribution >= 0.6 is 0 Å². The van der Waals surface area contributed by atoms with Gasteiger partial charge in [-0.3, -0.25) is 4.79 Å². The van der Waals surface area contributed by atoms with Crippen molar-refractivity contribution >= 4 is 5.97 Å². The Morgan fingerprint density at radius 2 is 1.96 bits per heavy atom. The molecule has 4 heteroatoms. The zero-order valence-corrected chi connectivity index (χ0v) is 13.7. The molecule has 0 aliphatic carbocycles. The van der Waals surface area contributed by atoms with Crippen LogP contribution in [0.15, 0.2) is 42.5 Å². The number of carboxylic acid groups (broad SMARTS) is 1. The van der Waals surface area contributed by atoms with E-state index >= 15 is 0 Å². The molecular weight excluding hydrogens is 292 g/mol. The number of carbonyl (C=O) groups is 1. The lowest BCUT2D eigenvalue weighted by molar-refractivity contribution is -0.138. The molecule has 2 aromatic carbocycles. The standard InChI is InChI=1S/C19H22O4/c1-4-23-16-8-9-17(13(2)10-16)18(19(20)21)12-14-6-5-7-15(11-14)22-3/h5-11,18H,4,12H2,1-3H3,(H,20,21). The molecule has 2 aromatic rings. The van der Waals surface area contributed by atoms with E-state index in [2.05, 4.69) is 0 Å². The highest BCUT2D eigenvalue weighted by Crippen LogP contribution is 2.28. The van der Waals surface area contributed by atoms with Crippen molar-refractivity contribution in [1.29, 1.82) is 0 Å². The number of aliphatic carboxylic acids is 1. The summed E-state index contributed by atoms with van der Waals surface area (Å²) in [4.78, 5) is 11.8. The van der Waals surface area contributed by atoms with Gasteiger partial charge in [-0.25, -0.2) is 0 Å². The van der Waals surface area contributed by atoms with Gasteiger partial charge in [0.25, 0.3) is 0 Å². The van der Waals surface area contributed by atoms with E-state index in [0.717, 1.165) is 28.2 Å². The Labute approximate surface area is 136 Å². The summed E-state index contributed by atoms with van der Waals surface area (Å²) in [5, 5.41) is 9.65. The molecule has 0 aromatic heterocycles. The van der Waals surface area contributed by atoms with Crippen molar-refractivity contribution in [3.8, 4) is 11.5 Å². The van der Waals surface area contributed by atoms with Crippen LogP contribution in [0.25, 0.3) is 0 Å². The Bertz CT molecular complexity index is 679. The first-order valence-corrected chi connectivity index (χ1v) is 7.64. The minimum Gasteiger partial charge on any atom is -0.497 e. The first-order valence-electron chi connectivity index (χ1n) is 7.64. The second-order valence-electron chi connectivity index (χ2n) is 5.40. The number of carboxylic acids is 1. The third-order valence-electron chi connectivity index (χ3n) is 3.80. The molecule has 0 amide bonds. The van der Waals surface area contributed by atoms with Gasteiger partial charge in [-0.05, 0) is 61.2 Å². The molecule has 1 N–H and O–H groups in total. The molecule has 0 bridgehead atoms. The second-order valence-corrected chi connectivity index (χ2v) is 5.40. The summed E-state index contributed by atoms with van der Waals surface area (Å²) < 4.78 is 10.7. The Morgan fingerprint density at radius 3 is 2.57 bits per heavy atom. The topological polar surface area (TPSA) is 55.8 Å². The fourth-order valence-electron chi connectivity index (χ4n) is 2.66. The molecule has 0 heterocycles. The molecule has 2 rings (SSSR count). The molecule has 1 atom stereocenters. The Hall–Kier alpha value is -2.49. The van der Waals surface area contributed by atoms with Crippen LogP contribution in [-0.2, 0) is 11.2 Å². The van der Waals surface area contributed by atoms with Gasteiger partial charge >= 0.3 is 5.97 Å².